The molecule has 2 aromatic heterocycles. The van der Waals surface area contributed by atoms with Crippen LogP contribution in [0.1, 0.15) is 5.69 Å². The maximum Gasteiger partial charge on any atom is 0.132 e. The number of aromatic nitrogens is 3. The lowest BCUT2D eigenvalue weighted by molar-refractivity contribution is 0.630. The SMILES string of the molecule is Cc1[nH]nc(-c2ccccc2F)c1-c1ccncc1. The van der Waals surface area contributed by atoms with Crippen molar-refractivity contribution in [3.63, 3.8) is 0 Å². The molecule has 0 amide bonds. The summed E-state index contributed by atoms with van der Waals surface area (Å²) in [4.78, 5) is 4.00. The molecule has 94 valence electrons. The molecule has 0 unspecified atom stereocenters. The molecule has 0 bridgehead atoms. The van der Waals surface area contributed by atoms with E-state index in [1.54, 1.807) is 30.6 Å². The maximum atomic E-state index is 13.9. The monoisotopic (exact) mass is 253 g/mol. The average molecular weight is 253 g/mol. The number of aryl methyl sites for hydroxylation is 1. The summed E-state index contributed by atoms with van der Waals surface area (Å²) in [7, 11) is 0. The topological polar surface area (TPSA) is 41.6 Å². The molecule has 2 heterocycles. The molecule has 0 aliphatic carbocycles. The summed E-state index contributed by atoms with van der Waals surface area (Å²) < 4.78 is 13.9. The molecule has 3 rings (SSSR count). The Morgan fingerprint density at radius 1 is 1.05 bits per heavy atom. The first-order valence-electron chi connectivity index (χ1n) is 5.97. The Bertz CT molecular complexity index is 704. The van der Waals surface area contributed by atoms with Crippen LogP contribution in [0.25, 0.3) is 22.4 Å². The second-order valence-electron chi connectivity index (χ2n) is 4.29. The van der Waals surface area contributed by atoms with Gasteiger partial charge in [0.15, 0.2) is 0 Å². The van der Waals surface area contributed by atoms with Gasteiger partial charge in [0, 0.05) is 29.2 Å². The second kappa shape index (κ2) is 4.65. The minimum absolute atomic E-state index is 0.274. The molecule has 0 aliphatic heterocycles. The molecule has 3 nitrogen and oxygen atoms in total. The number of hydrogen-bond acceptors (Lipinski definition) is 2. The molecule has 0 saturated carbocycles. The van der Waals surface area contributed by atoms with Crippen molar-refractivity contribution in [2.45, 2.75) is 6.92 Å². The number of pyridine rings is 1. The van der Waals surface area contributed by atoms with Crippen LogP contribution < -0.4 is 0 Å². The smallest absolute Gasteiger partial charge is 0.132 e. The van der Waals surface area contributed by atoms with Crippen LogP contribution in [0.4, 0.5) is 4.39 Å². The van der Waals surface area contributed by atoms with E-state index < -0.39 is 0 Å². The maximum absolute atomic E-state index is 13.9. The van der Waals surface area contributed by atoms with E-state index in [4.69, 9.17) is 0 Å². The van der Waals surface area contributed by atoms with Crippen LogP contribution in [0.5, 0.6) is 0 Å². The molecule has 0 atom stereocenters. The normalized spacial score (nSPS) is 10.6. The Labute approximate surface area is 110 Å². The van der Waals surface area contributed by atoms with Gasteiger partial charge in [-0.25, -0.2) is 4.39 Å². The van der Waals surface area contributed by atoms with Gasteiger partial charge in [-0.1, -0.05) is 12.1 Å². The third-order valence-corrected chi connectivity index (χ3v) is 3.05. The molecule has 3 aromatic rings. The van der Waals surface area contributed by atoms with E-state index in [1.165, 1.54) is 6.07 Å². The minimum atomic E-state index is -0.274. The molecule has 0 spiro atoms. The number of H-pyrrole nitrogens is 1. The summed E-state index contributed by atoms with van der Waals surface area (Å²) in [5.41, 5.74) is 3.91. The van der Waals surface area contributed by atoms with Crippen LogP contribution in [0, 0.1) is 12.7 Å². The molecular formula is C15H12FN3. The highest BCUT2D eigenvalue weighted by atomic mass is 19.1. The summed E-state index contributed by atoms with van der Waals surface area (Å²) in [6.07, 6.45) is 3.43. The van der Waals surface area contributed by atoms with Crippen molar-refractivity contribution in [3.05, 3.63) is 60.3 Å². The van der Waals surface area contributed by atoms with E-state index in [2.05, 4.69) is 15.2 Å². The number of halogens is 1. The van der Waals surface area contributed by atoms with Crippen LogP contribution in [0.15, 0.2) is 48.8 Å². The Balaban J connectivity index is 2.23. The second-order valence-corrected chi connectivity index (χ2v) is 4.29. The first-order chi connectivity index (χ1) is 9.27. The van der Waals surface area contributed by atoms with E-state index in [9.17, 15) is 4.39 Å². The van der Waals surface area contributed by atoms with Crippen molar-refractivity contribution < 1.29 is 4.39 Å². The molecule has 1 N–H and O–H groups in total. The molecule has 4 heteroatoms. The fourth-order valence-corrected chi connectivity index (χ4v) is 2.15. The first-order valence-corrected chi connectivity index (χ1v) is 5.97. The minimum Gasteiger partial charge on any atom is -0.282 e. The van der Waals surface area contributed by atoms with Gasteiger partial charge in [-0.2, -0.15) is 5.10 Å². The van der Waals surface area contributed by atoms with Crippen LogP contribution in [-0.2, 0) is 0 Å². The van der Waals surface area contributed by atoms with Crippen molar-refractivity contribution in [2.75, 3.05) is 0 Å². The fourth-order valence-electron chi connectivity index (χ4n) is 2.15. The molecular weight excluding hydrogens is 241 g/mol. The fraction of sp³-hybridized carbons (Fsp3) is 0.0667. The van der Waals surface area contributed by atoms with Crippen molar-refractivity contribution in [3.8, 4) is 22.4 Å². The van der Waals surface area contributed by atoms with Crippen molar-refractivity contribution >= 4 is 0 Å². The number of hydrogen-bond donors (Lipinski definition) is 1. The van der Waals surface area contributed by atoms with Gasteiger partial charge < -0.3 is 0 Å². The zero-order valence-corrected chi connectivity index (χ0v) is 10.4. The predicted octanol–water partition coefficient (Wildman–Crippen LogP) is 3.59. The highest BCUT2D eigenvalue weighted by Gasteiger charge is 2.16. The van der Waals surface area contributed by atoms with Crippen molar-refractivity contribution in [1.29, 1.82) is 0 Å². The lowest BCUT2D eigenvalue weighted by atomic mass is 10.00. The van der Waals surface area contributed by atoms with Crippen LogP contribution in [0.3, 0.4) is 0 Å². The first kappa shape index (κ1) is 11.6. The van der Waals surface area contributed by atoms with Gasteiger partial charge in [-0.3, -0.25) is 10.1 Å². The standard InChI is InChI=1S/C15H12FN3/c1-10-14(11-6-8-17-9-7-11)15(19-18-10)12-4-2-3-5-13(12)16/h2-9H,1H3,(H,18,19). The van der Waals surface area contributed by atoms with Gasteiger partial charge >= 0.3 is 0 Å². The van der Waals surface area contributed by atoms with Gasteiger partial charge in [-0.05, 0) is 36.8 Å². The van der Waals surface area contributed by atoms with Gasteiger partial charge in [0.1, 0.15) is 11.5 Å². The highest BCUT2D eigenvalue weighted by Crippen LogP contribution is 2.33. The Morgan fingerprint density at radius 2 is 1.79 bits per heavy atom. The van der Waals surface area contributed by atoms with Gasteiger partial charge in [0.2, 0.25) is 0 Å². The zero-order chi connectivity index (χ0) is 13.2. The van der Waals surface area contributed by atoms with Gasteiger partial charge in [0.25, 0.3) is 0 Å². The number of rotatable bonds is 2. The Morgan fingerprint density at radius 3 is 2.53 bits per heavy atom. The lowest BCUT2D eigenvalue weighted by Crippen LogP contribution is -1.87. The summed E-state index contributed by atoms with van der Waals surface area (Å²) in [6.45, 7) is 1.92. The molecule has 0 aliphatic rings. The zero-order valence-electron chi connectivity index (χ0n) is 10.4. The van der Waals surface area contributed by atoms with Crippen LogP contribution in [0.2, 0.25) is 0 Å². The molecule has 0 fully saturated rings. The molecule has 19 heavy (non-hydrogen) atoms. The van der Waals surface area contributed by atoms with Gasteiger partial charge in [-0.15, -0.1) is 0 Å². The summed E-state index contributed by atoms with van der Waals surface area (Å²) in [5.74, 6) is -0.274. The Kier molecular flexibility index (Phi) is 2.83. The number of benzene rings is 1. The van der Waals surface area contributed by atoms with Crippen molar-refractivity contribution in [1.82, 2.24) is 15.2 Å². The van der Waals surface area contributed by atoms with Crippen molar-refractivity contribution in [2.24, 2.45) is 0 Å². The van der Waals surface area contributed by atoms with E-state index in [0.717, 1.165) is 16.8 Å². The number of nitrogens with zero attached hydrogens (tertiary/aromatic N) is 2. The van der Waals surface area contributed by atoms with E-state index in [-0.39, 0.29) is 5.82 Å². The van der Waals surface area contributed by atoms with E-state index in [1.807, 2.05) is 19.1 Å². The average Bonchev–Trinajstić information content (AvgIpc) is 2.82. The summed E-state index contributed by atoms with van der Waals surface area (Å²) in [6, 6.07) is 10.4. The van der Waals surface area contributed by atoms with Gasteiger partial charge in [0.05, 0.1) is 0 Å². The summed E-state index contributed by atoms with van der Waals surface area (Å²) in [5, 5.41) is 7.16. The predicted molar refractivity (Wildman–Crippen MR) is 71.9 cm³/mol. The molecule has 1 aromatic carbocycles. The van der Waals surface area contributed by atoms with E-state index in [0.29, 0.717) is 11.3 Å². The summed E-state index contributed by atoms with van der Waals surface area (Å²) >= 11 is 0. The molecule has 0 radical (unpaired) electrons. The molecule has 0 saturated heterocycles. The lowest BCUT2D eigenvalue weighted by Gasteiger charge is -2.05. The quantitative estimate of drug-likeness (QED) is 0.758. The number of aromatic amines is 1. The third kappa shape index (κ3) is 2.01. The Hall–Kier alpha value is -2.49. The highest BCUT2D eigenvalue weighted by molar-refractivity contribution is 5.82. The largest absolute Gasteiger partial charge is 0.282 e. The third-order valence-electron chi connectivity index (χ3n) is 3.05. The number of nitrogens with one attached hydrogen (secondary N) is 1. The van der Waals surface area contributed by atoms with Crippen LogP contribution >= 0.6 is 0 Å². The van der Waals surface area contributed by atoms with E-state index >= 15 is 0 Å². The van der Waals surface area contributed by atoms with Crippen LogP contribution in [-0.4, -0.2) is 15.2 Å².